The van der Waals surface area contributed by atoms with E-state index < -0.39 is 90.2 Å². The summed E-state index contributed by atoms with van der Waals surface area (Å²) in [5.41, 5.74) is 12.6. The Labute approximate surface area is 706 Å². The number of halogens is 1. The number of ketones is 3. The summed E-state index contributed by atoms with van der Waals surface area (Å²) in [6.45, 7) is 8.31. The second kappa shape index (κ2) is 42.3. The number of nitrogens with zero attached hydrogens (tertiary/aromatic N) is 4. The number of Topliss-reactive ketones (excluding diaryl/α,β-unsaturated/α-hetero) is 3. The van der Waals surface area contributed by atoms with Crippen molar-refractivity contribution in [3.8, 4) is 22.3 Å². The van der Waals surface area contributed by atoms with Crippen LogP contribution in [0, 0.1) is 30.6 Å². The van der Waals surface area contributed by atoms with E-state index in [9.17, 15) is 43.5 Å². The van der Waals surface area contributed by atoms with E-state index in [-0.39, 0.29) is 108 Å². The second-order valence-corrected chi connectivity index (χ2v) is 32.4. The van der Waals surface area contributed by atoms with E-state index in [4.69, 9.17) is 21.1 Å². The van der Waals surface area contributed by atoms with Gasteiger partial charge in [-0.15, -0.1) is 0 Å². The zero-order valence-corrected chi connectivity index (χ0v) is 68.3. The molecule has 2 saturated heterocycles. The maximum absolute atomic E-state index is 15.3. The van der Waals surface area contributed by atoms with Crippen molar-refractivity contribution in [1.29, 1.82) is 0 Å². The van der Waals surface area contributed by atoms with Crippen molar-refractivity contribution in [3.63, 3.8) is 0 Å². The van der Waals surface area contributed by atoms with Crippen molar-refractivity contribution in [1.82, 2.24) is 19.6 Å². The van der Waals surface area contributed by atoms with Gasteiger partial charge in [-0.2, -0.15) is 0 Å². The summed E-state index contributed by atoms with van der Waals surface area (Å²) in [5, 5.41) is 10.2. The number of aryl methyl sites for hydroxylation is 1. The molecule has 622 valence electrons. The summed E-state index contributed by atoms with van der Waals surface area (Å²) in [7, 11) is 3.04. The molecule has 2 aliphatic carbocycles. The normalized spacial score (nSPS) is 15.3. The fourth-order valence-corrected chi connectivity index (χ4v) is 17.9. The van der Waals surface area contributed by atoms with Gasteiger partial charge in [0, 0.05) is 94.7 Å². The van der Waals surface area contributed by atoms with E-state index in [2.05, 4.69) is 12.1 Å². The van der Waals surface area contributed by atoms with Crippen LogP contribution in [0.1, 0.15) is 180 Å². The molecule has 1 N–H and O–H groups in total. The van der Waals surface area contributed by atoms with Gasteiger partial charge in [0.2, 0.25) is 23.6 Å². The number of rotatable bonds is 33. The highest BCUT2D eigenvalue weighted by Gasteiger charge is 2.44. The van der Waals surface area contributed by atoms with E-state index in [1.807, 2.05) is 236 Å². The molecule has 18 heteroatoms. The number of hydrogen-bond acceptors (Lipinski definition) is 12. The first-order valence-corrected chi connectivity index (χ1v) is 41.5. The number of carboxylic acids is 1. The van der Waals surface area contributed by atoms with Crippen LogP contribution in [0.25, 0.3) is 22.3 Å². The number of benzene rings is 9. The number of likely N-dealkylation sites (N-methyl/N-ethyl adjacent to an activating group) is 2. The van der Waals surface area contributed by atoms with Gasteiger partial charge in [0.1, 0.15) is 19.0 Å². The van der Waals surface area contributed by atoms with Gasteiger partial charge in [0.15, 0.2) is 11.6 Å². The molecule has 13 rings (SSSR count). The molecule has 0 radical (unpaired) electrons. The molecular weight excluding hydrogens is 1510 g/mol. The number of likely N-dealkylation sites (tertiary alicyclic amines) is 2. The van der Waals surface area contributed by atoms with Crippen LogP contribution in [-0.4, -0.2) is 149 Å². The van der Waals surface area contributed by atoms with Crippen LogP contribution in [0.15, 0.2) is 237 Å². The lowest BCUT2D eigenvalue weighted by atomic mass is 9.66. The van der Waals surface area contributed by atoms with Gasteiger partial charge < -0.3 is 34.2 Å². The number of aliphatic carboxylic acids is 1. The average molecular weight is 1630 g/mol. The topological polar surface area (TPSA) is 222 Å². The highest BCUT2D eigenvalue weighted by Crippen LogP contribution is 2.48. The van der Waals surface area contributed by atoms with Crippen LogP contribution in [-0.2, 0) is 75.7 Å². The first kappa shape index (κ1) is 89.9. The Kier molecular flexibility index (Phi) is 32.0. The summed E-state index contributed by atoms with van der Waals surface area (Å²) in [6.07, 6.45) is 4.34. The molecule has 2 aliphatic heterocycles. The van der Waals surface area contributed by atoms with Gasteiger partial charge in [0.25, 0.3) is 0 Å². The molecule has 0 spiro atoms. The predicted molar refractivity (Wildman–Crippen MR) is 466 cm³/mol. The maximum Gasteiger partial charge on any atom is 0.306 e. The lowest BCUT2D eigenvalue weighted by Gasteiger charge is -2.37. The van der Waals surface area contributed by atoms with Crippen molar-refractivity contribution in [3.05, 3.63) is 297 Å². The van der Waals surface area contributed by atoms with Gasteiger partial charge in [-0.05, 0) is 137 Å². The Morgan fingerprint density at radius 1 is 0.429 bits per heavy atom. The number of fused-ring (bicyclic) bond motifs is 6. The smallest absolute Gasteiger partial charge is 0.306 e. The Bertz CT molecular complexity index is 4910. The number of carboxylic acid groups (broad SMARTS) is 1. The number of piperidine rings is 2. The van der Waals surface area contributed by atoms with Crippen molar-refractivity contribution in [2.75, 3.05) is 53.5 Å². The molecule has 9 aromatic carbocycles. The molecule has 119 heavy (non-hydrogen) atoms. The number of amides is 4. The lowest BCUT2D eigenvalue weighted by molar-refractivity contribution is -0.153. The van der Waals surface area contributed by atoms with Gasteiger partial charge in [0.05, 0.1) is 48.6 Å². The molecule has 0 bridgehead atoms. The van der Waals surface area contributed by atoms with Crippen LogP contribution < -0.4 is 0 Å². The quantitative estimate of drug-likeness (QED) is 0.0299. The van der Waals surface area contributed by atoms with Gasteiger partial charge in [-0.25, -0.2) is 0 Å². The summed E-state index contributed by atoms with van der Waals surface area (Å²) >= 11 is 7.08. The van der Waals surface area contributed by atoms with Crippen molar-refractivity contribution >= 4 is 70.5 Å². The SMILES string of the molecule is C.C.C[C@H](CC(=O)[C@H](Cc1ccccc1)N(C)C(=O)[C@H](CC(=O)O)CC(=O)OCC1c2ccccc2-c2ccccc21)C(=O)N1CCCCC1.Cc1ccc(C(CC(=O)C[C@H](CC(=O)OCC2c3ccccc3-c3ccccc32)C(=O)N(C)[C@@H](Cc2ccccc2)C(=O)C[C@@H](C)C(=O)N2CCCCC2)(c2ccccc2)c2ccccc2Cl)cc1. The second-order valence-electron chi connectivity index (χ2n) is 32.0. The predicted octanol–water partition coefficient (Wildman–Crippen LogP) is 18.1. The zero-order valence-electron chi connectivity index (χ0n) is 67.5. The molecule has 7 atom stereocenters. The van der Waals surface area contributed by atoms with Gasteiger partial charge in [-0.3, -0.25) is 47.9 Å². The standard InChI is InChI=1S/C60H61ClN2O6.C39H44N2O7.2CH4/c1-41-29-31-46(32-30-41)60(45-21-9-5-10-22-45,53-27-15-16-28-54(53)61)39-47(64)37-44(38-57(66)69-40-52-50-25-13-11-23-48(50)49-24-12-14-26-51(49)52)59(68)62(3)55(36-43-19-7-4-8-20-43)56(65)35-42(2)58(67)63-33-17-6-18-34-63;1-26(38(46)41-19-11-4-12-20-41)21-35(42)34(22-27-13-5-3-6-14-27)40(2)39(47)28(23-36(43)44)24-37(45)48-25-33-31-17-9-7-15-29(31)30-16-8-10-18-32(30)33;;/h4-5,7-16,19-32,42,44,52,55H,6,17-18,33-40H2,1-3H3;3,5-10,13-18,26,28,33-34H,4,11-12,19-25H2,1-2H3,(H,43,44);2*1H4/t42-,44-,55+,60?;26-,28-,34+;;/m11../s1. The summed E-state index contributed by atoms with van der Waals surface area (Å²) in [4.78, 5) is 145. The number of hydrogen-bond donors (Lipinski definition) is 1. The fraction of sp³-hybridized carbons (Fsp3) is 0.366. The molecule has 2 heterocycles. The fourth-order valence-electron chi connectivity index (χ4n) is 17.6. The number of carbonyl (C=O) groups excluding carboxylic acids is 9. The third-order valence-corrected chi connectivity index (χ3v) is 24.2. The molecule has 9 aromatic rings. The maximum atomic E-state index is 15.3. The zero-order chi connectivity index (χ0) is 82.7. The van der Waals surface area contributed by atoms with E-state index in [0.29, 0.717) is 31.2 Å². The van der Waals surface area contributed by atoms with Crippen molar-refractivity contribution in [2.24, 2.45) is 23.7 Å². The molecule has 2 fully saturated rings. The monoisotopic (exact) mass is 1620 g/mol. The Hall–Kier alpha value is -11.4. The Morgan fingerprint density at radius 3 is 1.16 bits per heavy atom. The minimum Gasteiger partial charge on any atom is -0.481 e. The lowest BCUT2D eigenvalue weighted by Crippen LogP contribution is -2.48. The number of ether oxygens (including phenoxy) is 2. The van der Waals surface area contributed by atoms with Crippen LogP contribution >= 0.6 is 11.6 Å². The first-order chi connectivity index (χ1) is 56.6. The van der Waals surface area contributed by atoms with Crippen molar-refractivity contribution < 1.29 is 62.5 Å². The molecular formula is C101H113ClN4O13. The Morgan fingerprint density at radius 2 is 0.773 bits per heavy atom. The van der Waals surface area contributed by atoms with E-state index in [0.717, 1.165) is 116 Å². The first-order valence-electron chi connectivity index (χ1n) is 41.1. The number of esters is 2. The molecule has 0 saturated carbocycles. The third kappa shape index (κ3) is 21.9. The van der Waals surface area contributed by atoms with E-state index >= 15 is 9.59 Å². The summed E-state index contributed by atoms with van der Waals surface area (Å²) in [6, 6.07) is 74.1. The third-order valence-electron chi connectivity index (χ3n) is 23.9. The summed E-state index contributed by atoms with van der Waals surface area (Å²) < 4.78 is 11.8. The van der Waals surface area contributed by atoms with Gasteiger partial charge >= 0.3 is 17.9 Å². The minimum atomic E-state index is -1.24. The van der Waals surface area contributed by atoms with Gasteiger partial charge in [-0.1, -0.05) is 276 Å². The molecule has 17 nitrogen and oxygen atoms in total. The van der Waals surface area contributed by atoms with Crippen LogP contribution in [0.5, 0.6) is 0 Å². The largest absolute Gasteiger partial charge is 0.481 e. The highest BCUT2D eigenvalue weighted by atomic mass is 35.5. The Balaban J connectivity index is 0.000000262. The van der Waals surface area contributed by atoms with E-state index in [1.165, 1.54) is 16.8 Å². The van der Waals surface area contributed by atoms with Crippen LogP contribution in [0.3, 0.4) is 0 Å². The summed E-state index contributed by atoms with van der Waals surface area (Å²) in [5.74, 6) is -8.63. The van der Waals surface area contributed by atoms with E-state index in [1.54, 1.807) is 25.8 Å². The van der Waals surface area contributed by atoms with Crippen LogP contribution in [0.4, 0.5) is 0 Å². The number of carbonyl (C=O) groups is 10. The highest BCUT2D eigenvalue weighted by molar-refractivity contribution is 6.31. The minimum absolute atomic E-state index is 0. The van der Waals surface area contributed by atoms with Crippen molar-refractivity contribution in [2.45, 2.75) is 161 Å². The average Bonchev–Trinajstić information content (AvgIpc) is 1.71. The van der Waals surface area contributed by atoms with Crippen LogP contribution in [0.2, 0.25) is 5.02 Å². The molecule has 1 unspecified atom stereocenters. The molecule has 4 amide bonds. The molecule has 0 aromatic heterocycles. The molecule has 4 aliphatic rings.